The molecule has 1 N–H and O–H groups in total. The van der Waals surface area contributed by atoms with Crippen molar-refractivity contribution < 1.29 is 9.53 Å². The molecule has 3 nitrogen and oxygen atoms in total. The lowest BCUT2D eigenvalue weighted by Gasteiger charge is -2.06. The van der Waals surface area contributed by atoms with Gasteiger partial charge >= 0.3 is 0 Å². The molecule has 0 aliphatic rings. The predicted octanol–water partition coefficient (Wildman–Crippen LogP) is 2.47. The second-order valence-corrected chi connectivity index (χ2v) is 4.37. The summed E-state index contributed by atoms with van der Waals surface area (Å²) < 4.78 is 5.22. The van der Waals surface area contributed by atoms with Crippen LogP contribution in [0.3, 0.4) is 0 Å². The van der Waals surface area contributed by atoms with Crippen molar-refractivity contribution in [2.24, 2.45) is 5.92 Å². The summed E-state index contributed by atoms with van der Waals surface area (Å²) in [6, 6.07) is 0. The molecule has 0 rings (SSSR count). The highest BCUT2D eigenvalue weighted by Gasteiger charge is 1.98. The lowest BCUT2D eigenvalue weighted by molar-refractivity contribution is 0.114. The summed E-state index contributed by atoms with van der Waals surface area (Å²) >= 11 is 1.27. The van der Waals surface area contributed by atoms with Gasteiger partial charge in [-0.25, -0.2) is 0 Å². The molecule has 0 heterocycles. The maximum absolute atomic E-state index is 10.9. The summed E-state index contributed by atoms with van der Waals surface area (Å²) in [6.07, 6.45) is 1.04. The van der Waals surface area contributed by atoms with Gasteiger partial charge in [0.25, 0.3) is 5.24 Å². The first-order valence-electron chi connectivity index (χ1n) is 4.65. The molecule has 4 heteroatoms. The average Bonchev–Trinajstić information content (AvgIpc) is 2.03. The van der Waals surface area contributed by atoms with E-state index in [4.69, 9.17) is 4.74 Å². The monoisotopic (exact) mass is 205 g/mol. The van der Waals surface area contributed by atoms with Gasteiger partial charge < -0.3 is 10.1 Å². The number of carbonyl (C=O) groups is 1. The Balaban J connectivity index is 3.11. The molecule has 0 aromatic heterocycles. The average molecular weight is 205 g/mol. The van der Waals surface area contributed by atoms with Gasteiger partial charge in [-0.05, 0) is 18.1 Å². The van der Waals surface area contributed by atoms with E-state index in [1.165, 1.54) is 11.8 Å². The van der Waals surface area contributed by atoms with E-state index in [9.17, 15) is 4.79 Å². The number of thioether (sulfide) groups is 1. The van der Waals surface area contributed by atoms with Crippen molar-refractivity contribution in [3.63, 3.8) is 0 Å². The van der Waals surface area contributed by atoms with Crippen LogP contribution in [0.5, 0.6) is 0 Å². The van der Waals surface area contributed by atoms with Gasteiger partial charge in [0.15, 0.2) is 0 Å². The maximum atomic E-state index is 10.9. The highest BCUT2D eigenvalue weighted by atomic mass is 32.2. The van der Waals surface area contributed by atoms with Gasteiger partial charge in [0.2, 0.25) is 0 Å². The Morgan fingerprint density at radius 2 is 2.23 bits per heavy atom. The third kappa shape index (κ3) is 9.70. The fourth-order valence-corrected chi connectivity index (χ4v) is 1.11. The van der Waals surface area contributed by atoms with Gasteiger partial charge in [0.05, 0.1) is 0 Å². The lowest BCUT2D eigenvalue weighted by atomic mass is 10.1. The van der Waals surface area contributed by atoms with Crippen LogP contribution in [0, 0.1) is 5.92 Å². The Hall–Kier alpha value is -0.220. The van der Waals surface area contributed by atoms with Crippen LogP contribution in [-0.4, -0.2) is 24.3 Å². The second-order valence-electron chi connectivity index (χ2n) is 3.13. The van der Waals surface area contributed by atoms with Crippen LogP contribution in [0.15, 0.2) is 0 Å². The maximum Gasteiger partial charge on any atom is 0.280 e. The molecule has 0 bridgehead atoms. The van der Waals surface area contributed by atoms with Crippen molar-refractivity contribution in [1.82, 2.24) is 5.32 Å². The fourth-order valence-electron chi connectivity index (χ4n) is 0.683. The summed E-state index contributed by atoms with van der Waals surface area (Å²) in [6.45, 7) is 7.29. The molecule has 13 heavy (non-hydrogen) atoms. The zero-order chi connectivity index (χ0) is 10.1. The lowest BCUT2D eigenvalue weighted by Crippen LogP contribution is -2.22. The number of hydrogen-bond donors (Lipinski definition) is 1. The molecule has 0 aliphatic heterocycles. The minimum Gasteiger partial charge on any atom is -0.361 e. The summed E-state index contributed by atoms with van der Waals surface area (Å²) in [4.78, 5) is 10.9. The molecular weight excluding hydrogens is 186 g/mol. The largest absolute Gasteiger partial charge is 0.361 e. The van der Waals surface area contributed by atoms with Crippen LogP contribution in [-0.2, 0) is 4.74 Å². The Labute approximate surface area is 84.6 Å². The third-order valence-corrected chi connectivity index (χ3v) is 2.13. The van der Waals surface area contributed by atoms with Crippen molar-refractivity contribution in [1.29, 1.82) is 0 Å². The zero-order valence-electron chi connectivity index (χ0n) is 8.63. The molecule has 0 aliphatic carbocycles. The van der Waals surface area contributed by atoms with Crippen LogP contribution in [0.2, 0.25) is 0 Å². The molecule has 0 radical (unpaired) electrons. The van der Waals surface area contributed by atoms with E-state index < -0.39 is 0 Å². The van der Waals surface area contributed by atoms with Crippen LogP contribution < -0.4 is 5.32 Å². The van der Waals surface area contributed by atoms with Gasteiger partial charge in [0, 0.05) is 6.61 Å². The zero-order valence-corrected chi connectivity index (χ0v) is 9.45. The fraction of sp³-hybridized carbons (Fsp3) is 0.889. The number of amides is 1. The summed E-state index contributed by atoms with van der Waals surface area (Å²) in [7, 11) is 0. The van der Waals surface area contributed by atoms with E-state index in [-0.39, 0.29) is 5.24 Å². The minimum absolute atomic E-state index is 0.00736. The van der Waals surface area contributed by atoms with Crippen LogP contribution in [0.4, 0.5) is 4.79 Å². The highest BCUT2D eigenvalue weighted by molar-refractivity contribution is 8.13. The van der Waals surface area contributed by atoms with E-state index in [0.717, 1.165) is 18.8 Å². The number of carbonyl (C=O) groups excluding carboxylic acids is 1. The quantitative estimate of drug-likeness (QED) is 0.535. The Bertz CT molecular complexity index is 140. The van der Waals surface area contributed by atoms with E-state index in [1.807, 2.05) is 6.92 Å². The standard InChI is InChI=1S/C9H19NO2S/c1-4-13-9(11)10-7-12-6-5-8(2)3/h8H,4-7H2,1-3H3,(H,10,11). The molecule has 0 aromatic rings. The molecule has 0 saturated heterocycles. The van der Waals surface area contributed by atoms with Gasteiger partial charge in [-0.3, -0.25) is 4.79 Å². The molecule has 0 unspecified atom stereocenters. The van der Waals surface area contributed by atoms with E-state index in [1.54, 1.807) is 0 Å². The van der Waals surface area contributed by atoms with Gasteiger partial charge in [0.1, 0.15) is 6.73 Å². The Kier molecular flexibility index (Phi) is 8.24. The molecule has 78 valence electrons. The molecule has 0 fully saturated rings. The summed E-state index contributed by atoms with van der Waals surface area (Å²) in [5.74, 6) is 1.46. The first-order valence-corrected chi connectivity index (χ1v) is 5.63. The summed E-state index contributed by atoms with van der Waals surface area (Å²) in [5, 5.41) is 2.65. The number of hydrogen-bond acceptors (Lipinski definition) is 3. The number of ether oxygens (including phenoxy) is 1. The number of nitrogens with one attached hydrogen (secondary N) is 1. The van der Waals surface area contributed by atoms with E-state index in [2.05, 4.69) is 19.2 Å². The molecule has 0 atom stereocenters. The molecular formula is C9H19NO2S. The van der Waals surface area contributed by atoms with Crippen molar-refractivity contribution in [3.8, 4) is 0 Å². The highest BCUT2D eigenvalue weighted by Crippen LogP contribution is 2.00. The number of rotatable bonds is 6. The van der Waals surface area contributed by atoms with Crippen molar-refractivity contribution >= 4 is 17.0 Å². The Morgan fingerprint density at radius 3 is 2.77 bits per heavy atom. The molecule has 0 aromatic carbocycles. The first-order chi connectivity index (χ1) is 6.16. The van der Waals surface area contributed by atoms with E-state index >= 15 is 0 Å². The van der Waals surface area contributed by atoms with Crippen molar-refractivity contribution in [2.45, 2.75) is 27.2 Å². The third-order valence-electron chi connectivity index (χ3n) is 1.43. The van der Waals surface area contributed by atoms with E-state index in [0.29, 0.717) is 12.6 Å². The minimum atomic E-state index is -0.00736. The van der Waals surface area contributed by atoms with Gasteiger partial charge in [-0.15, -0.1) is 0 Å². The topological polar surface area (TPSA) is 38.3 Å². The van der Waals surface area contributed by atoms with Crippen LogP contribution in [0.25, 0.3) is 0 Å². The first kappa shape index (κ1) is 12.8. The van der Waals surface area contributed by atoms with Crippen LogP contribution >= 0.6 is 11.8 Å². The van der Waals surface area contributed by atoms with Crippen molar-refractivity contribution in [3.05, 3.63) is 0 Å². The van der Waals surface area contributed by atoms with Crippen molar-refractivity contribution in [2.75, 3.05) is 19.1 Å². The van der Waals surface area contributed by atoms with Gasteiger partial charge in [-0.2, -0.15) is 0 Å². The smallest absolute Gasteiger partial charge is 0.280 e. The predicted molar refractivity (Wildman–Crippen MR) is 56.9 cm³/mol. The second kappa shape index (κ2) is 8.38. The molecule has 1 amide bonds. The molecule has 0 spiro atoms. The van der Waals surface area contributed by atoms with Crippen LogP contribution in [0.1, 0.15) is 27.2 Å². The normalized spacial score (nSPS) is 10.5. The Morgan fingerprint density at radius 1 is 1.54 bits per heavy atom. The van der Waals surface area contributed by atoms with Gasteiger partial charge in [-0.1, -0.05) is 32.5 Å². The molecule has 0 saturated carbocycles. The summed E-state index contributed by atoms with van der Waals surface area (Å²) in [5.41, 5.74) is 0. The SMILES string of the molecule is CCSC(=O)NCOCCC(C)C.